The fourth-order valence-corrected chi connectivity index (χ4v) is 3.71. The van der Waals surface area contributed by atoms with Crippen LogP contribution in [-0.2, 0) is 11.0 Å². The number of amides is 2. The third-order valence-electron chi connectivity index (χ3n) is 5.25. The number of carbonyl (C=O) groups excluding carboxylic acids is 3. The summed E-state index contributed by atoms with van der Waals surface area (Å²) >= 11 is 0. The highest BCUT2D eigenvalue weighted by molar-refractivity contribution is 6.12. The number of carboxylic acid groups (broad SMARTS) is 1. The first-order valence-electron chi connectivity index (χ1n) is 11.3. The number of anilines is 2. The van der Waals surface area contributed by atoms with E-state index in [0.29, 0.717) is 11.6 Å². The minimum Gasteiger partial charge on any atom is -0.530 e. The third-order valence-corrected chi connectivity index (χ3v) is 5.25. The van der Waals surface area contributed by atoms with E-state index in [4.69, 9.17) is 0 Å². The molecule has 212 valence electrons. The van der Waals surface area contributed by atoms with Gasteiger partial charge in [-0.3, -0.25) is 14.6 Å². The molecule has 1 aromatic heterocycles. The molecule has 0 saturated carbocycles. The zero-order chi connectivity index (χ0) is 29.8. The molecule has 3 rings (SSSR count). The first-order chi connectivity index (χ1) is 18.5. The Kier molecular flexibility index (Phi) is 8.71. The Bertz CT molecular complexity index is 1430. The number of hydrogen-bond acceptors (Lipinski definition) is 6. The number of alkyl halides is 6. The van der Waals surface area contributed by atoms with Gasteiger partial charge in [0.2, 0.25) is 5.91 Å². The van der Waals surface area contributed by atoms with Gasteiger partial charge in [0.05, 0.1) is 23.4 Å². The van der Waals surface area contributed by atoms with E-state index in [-0.39, 0.29) is 11.6 Å². The summed E-state index contributed by atoms with van der Waals surface area (Å²) in [7, 11) is 0. The molecular formula is C26H20F6N3O5-. The third kappa shape index (κ3) is 8.19. The highest BCUT2D eigenvalue weighted by Crippen LogP contribution is 2.42. The summed E-state index contributed by atoms with van der Waals surface area (Å²) in [5, 5.41) is 14.6. The van der Waals surface area contributed by atoms with Gasteiger partial charge in [-0.1, -0.05) is 18.2 Å². The number of nitrogens with zero attached hydrogens (tertiary/aromatic N) is 1. The van der Waals surface area contributed by atoms with Crippen molar-refractivity contribution in [3.8, 4) is 16.9 Å². The number of aryl methyl sites for hydroxylation is 2. The first-order valence-corrected chi connectivity index (χ1v) is 11.3. The number of halogens is 6. The molecule has 0 aliphatic rings. The number of Topliss-reactive ketones (excluding diaryl/α,β-unsaturated/α-hetero) is 1. The molecule has 0 aliphatic carbocycles. The number of nitrogens with one attached hydrogen (secondary N) is 2. The van der Waals surface area contributed by atoms with Gasteiger partial charge in [0.25, 0.3) is 0 Å². The highest BCUT2D eigenvalue weighted by atomic mass is 19.4. The number of hydrogen-bond donors (Lipinski definition) is 2. The standard InChI is InChI=1S/C26H21F6N3O5/c1-13-6-17(7-14(2)33-13)15-4-3-5-16(8-15)21(36)11-23(37)34-19-9-18(26(30,31)32)22(40-12-25(27,28)29)10-20(19)35-24(38)39/h3-10,35H,11-12H2,1-2H3,(H,34,37)(H,38,39)/p-1. The van der Waals surface area contributed by atoms with Crippen LogP contribution in [0.15, 0.2) is 48.5 Å². The van der Waals surface area contributed by atoms with Crippen LogP contribution in [0.1, 0.15) is 33.7 Å². The Morgan fingerprint density at radius 3 is 2.08 bits per heavy atom. The predicted molar refractivity (Wildman–Crippen MR) is 129 cm³/mol. The normalized spacial score (nSPS) is 11.6. The Balaban J connectivity index is 1.87. The van der Waals surface area contributed by atoms with Crippen LogP contribution in [0.5, 0.6) is 5.75 Å². The average Bonchev–Trinajstić information content (AvgIpc) is 2.81. The molecule has 0 aliphatic heterocycles. The van der Waals surface area contributed by atoms with Crippen LogP contribution in [0.3, 0.4) is 0 Å². The predicted octanol–water partition coefficient (Wildman–Crippen LogP) is 5.29. The molecule has 8 nitrogen and oxygen atoms in total. The van der Waals surface area contributed by atoms with E-state index in [1.54, 1.807) is 43.4 Å². The van der Waals surface area contributed by atoms with E-state index in [1.165, 1.54) is 12.1 Å². The summed E-state index contributed by atoms with van der Waals surface area (Å²) in [5.74, 6) is -3.18. The molecule has 0 atom stereocenters. The molecule has 40 heavy (non-hydrogen) atoms. The summed E-state index contributed by atoms with van der Waals surface area (Å²) in [4.78, 5) is 40.7. The number of ketones is 1. The lowest BCUT2D eigenvalue weighted by atomic mass is 9.99. The van der Waals surface area contributed by atoms with Crippen LogP contribution in [0.25, 0.3) is 11.1 Å². The van der Waals surface area contributed by atoms with Crippen molar-refractivity contribution in [2.45, 2.75) is 32.6 Å². The second-order valence-corrected chi connectivity index (χ2v) is 8.58. The topological polar surface area (TPSA) is 120 Å². The summed E-state index contributed by atoms with van der Waals surface area (Å²) < 4.78 is 82.5. The van der Waals surface area contributed by atoms with Crippen molar-refractivity contribution < 1.29 is 50.6 Å². The van der Waals surface area contributed by atoms with Gasteiger partial charge in [0.15, 0.2) is 12.4 Å². The number of carbonyl (C=O) groups is 3. The van der Waals surface area contributed by atoms with E-state index >= 15 is 0 Å². The maximum Gasteiger partial charge on any atom is 0.422 e. The molecule has 0 unspecified atom stereocenters. The van der Waals surface area contributed by atoms with Crippen molar-refractivity contribution in [1.82, 2.24) is 4.98 Å². The van der Waals surface area contributed by atoms with Gasteiger partial charge in [-0.25, -0.2) is 0 Å². The van der Waals surface area contributed by atoms with E-state index < -0.39 is 65.9 Å². The van der Waals surface area contributed by atoms with E-state index in [9.17, 15) is 45.8 Å². The summed E-state index contributed by atoms with van der Waals surface area (Å²) in [5.41, 5.74) is -0.293. The van der Waals surface area contributed by atoms with Crippen LogP contribution in [0, 0.1) is 13.8 Å². The lowest BCUT2D eigenvalue weighted by molar-refractivity contribution is -0.242. The zero-order valence-corrected chi connectivity index (χ0v) is 20.8. The van der Waals surface area contributed by atoms with Gasteiger partial charge in [0.1, 0.15) is 11.8 Å². The summed E-state index contributed by atoms with van der Waals surface area (Å²) in [6.07, 6.45) is -13.1. The van der Waals surface area contributed by atoms with Gasteiger partial charge in [-0.15, -0.1) is 0 Å². The van der Waals surface area contributed by atoms with Crippen LogP contribution >= 0.6 is 0 Å². The second kappa shape index (κ2) is 11.6. The molecule has 14 heteroatoms. The smallest absolute Gasteiger partial charge is 0.422 e. The molecule has 0 saturated heterocycles. The molecule has 2 amide bonds. The van der Waals surface area contributed by atoms with Gasteiger partial charge in [-0.2, -0.15) is 26.3 Å². The Hall–Kier alpha value is -4.62. The molecule has 0 radical (unpaired) electrons. The molecule has 0 bridgehead atoms. The molecule has 0 spiro atoms. The number of aromatic nitrogens is 1. The minimum absolute atomic E-state index is 0.111. The second-order valence-electron chi connectivity index (χ2n) is 8.58. The van der Waals surface area contributed by atoms with Gasteiger partial charge in [-0.05, 0) is 49.2 Å². The van der Waals surface area contributed by atoms with Crippen molar-refractivity contribution >= 4 is 29.2 Å². The van der Waals surface area contributed by atoms with E-state index in [1.807, 2.05) is 5.32 Å². The molecule has 3 aromatic rings. The van der Waals surface area contributed by atoms with E-state index in [0.717, 1.165) is 17.0 Å². The number of pyridine rings is 1. The molecule has 1 heterocycles. The Labute approximate surface area is 223 Å². The minimum atomic E-state index is -5.25. The van der Waals surface area contributed by atoms with Crippen LogP contribution < -0.4 is 20.5 Å². The van der Waals surface area contributed by atoms with Crippen molar-refractivity contribution in [1.29, 1.82) is 0 Å². The largest absolute Gasteiger partial charge is 0.530 e. The summed E-state index contributed by atoms with van der Waals surface area (Å²) in [6, 6.07) is 10.3. The van der Waals surface area contributed by atoms with Gasteiger partial charge in [0, 0.05) is 23.0 Å². The number of ether oxygens (including phenoxy) is 1. The maximum atomic E-state index is 13.6. The maximum absolute atomic E-state index is 13.6. The van der Waals surface area contributed by atoms with Gasteiger partial charge >= 0.3 is 12.4 Å². The Morgan fingerprint density at radius 1 is 0.875 bits per heavy atom. The lowest BCUT2D eigenvalue weighted by Gasteiger charge is -2.20. The van der Waals surface area contributed by atoms with Crippen molar-refractivity contribution in [3.63, 3.8) is 0 Å². The first kappa shape index (κ1) is 29.9. The Morgan fingerprint density at radius 2 is 1.50 bits per heavy atom. The molecular weight excluding hydrogens is 548 g/mol. The monoisotopic (exact) mass is 568 g/mol. The average molecular weight is 568 g/mol. The van der Waals surface area contributed by atoms with E-state index in [2.05, 4.69) is 9.72 Å². The van der Waals surface area contributed by atoms with Crippen molar-refractivity contribution in [3.05, 3.63) is 71.0 Å². The molecule has 2 N–H and O–H groups in total. The van der Waals surface area contributed by atoms with Crippen LogP contribution in [0.4, 0.5) is 42.5 Å². The molecule has 0 fully saturated rings. The SMILES string of the molecule is Cc1cc(-c2cccc(C(=O)CC(=O)Nc3cc(C(F)(F)F)c(OCC(F)(F)F)cc3NC(=O)[O-])c2)cc(C)n1. The molecule has 2 aromatic carbocycles. The quantitative estimate of drug-likeness (QED) is 0.216. The number of rotatable bonds is 8. The van der Waals surface area contributed by atoms with Crippen molar-refractivity contribution in [2.24, 2.45) is 0 Å². The van der Waals surface area contributed by atoms with Crippen LogP contribution in [-0.4, -0.2) is 35.6 Å². The summed E-state index contributed by atoms with van der Waals surface area (Å²) in [6.45, 7) is 1.48. The number of benzene rings is 2. The fraction of sp³-hybridized carbons (Fsp3) is 0.231. The fourth-order valence-electron chi connectivity index (χ4n) is 3.71. The van der Waals surface area contributed by atoms with Crippen molar-refractivity contribution in [2.75, 3.05) is 17.2 Å². The zero-order valence-electron chi connectivity index (χ0n) is 20.8. The van der Waals surface area contributed by atoms with Crippen LogP contribution in [0.2, 0.25) is 0 Å². The lowest BCUT2D eigenvalue weighted by Crippen LogP contribution is -2.30. The highest BCUT2D eigenvalue weighted by Gasteiger charge is 2.37. The van der Waals surface area contributed by atoms with Gasteiger partial charge < -0.3 is 25.3 Å².